The van der Waals surface area contributed by atoms with Crippen LogP contribution in [0.4, 0.5) is 15.8 Å². The highest BCUT2D eigenvalue weighted by atomic mass is 19.1. The molecule has 0 unspecified atom stereocenters. The number of rotatable bonds is 6. The summed E-state index contributed by atoms with van der Waals surface area (Å²) in [6.45, 7) is 0.597. The van der Waals surface area contributed by atoms with Crippen LogP contribution >= 0.6 is 0 Å². The number of hydrogen-bond donors (Lipinski definition) is 1. The van der Waals surface area contributed by atoms with Crippen molar-refractivity contribution in [3.8, 4) is 0 Å². The summed E-state index contributed by atoms with van der Waals surface area (Å²) in [5, 5.41) is 3.11. The summed E-state index contributed by atoms with van der Waals surface area (Å²) in [6.07, 6.45) is 5.83. The van der Waals surface area contributed by atoms with Gasteiger partial charge in [0.25, 0.3) is 5.91 Å². The van der Waals surface area contributed by atoms with Crippen LogP contribution in [0.1, 0.15) is 16.1 Å². The summed E-state index contributed by atoms with van der Waals surface area (Å²) in [6, 6.07) is 13.4. The number of hydrogen-bond acceptors (Lipinski definition) is 4. The molecule has 2 aromatic heterocycles. The van der Waals surface area contributed by atoms with Gasteiger partial charge in [-0.15, -0.1) is 0 Å². The van der Waals surface area contributed by atoms with E-state index >= 15 is 0 Å². The molecule has 3 aromatic rings. The Balaban J connectivity index is 1.58. The van der Waals surface area contributed by atoms with Crippen LogP contribution in [-0.4, -0.2) is 34.4 Å². The summed E-state index contributed by atoms with van der Waals surface area (Å²) in [4.78, 5) is 22.3. The summed E-state index contributed by atoms with van der Waals surface area (Å²) < 4.78 is 12.9. The Morgan fingerprint density at radius 3 is 2.38 bits per heavy atom. The van der Waals surface area contributed by atoms with E-state index in [1.807, 2.05) is 12.1 Å². The van der Waals surface area contributed by atoms with E-state index in [1.165, 1.54) is 12.1 Å². The second-order valence-electron chi connectivity index (χ2n) is 5.90. The molecule has 0 atom stereocenters. The van der Waals surface area contributed by atoms with Gasteiger partial charge in [0.15, 0.2) is 0 Å². The number of pyridine rings is 2. The number of carbonyl (C=O) groups excluding carboxylic acids is 1. The van der Waals surface area contributed by atoms with E-state index in [9.17, 15) is 9.18 Å². The number of nitrogens with zero attached hydrogens (tertiary/aromatic N) is 3. The molecule has 1 aromatic carbocycles. The molecular weight excluding hydrogens is 331 g/mol. The predicted octanol–water partition coefficient (Wildman–Crippen LogP) is 3.67. The lowest BCUT2D eigenvalue weighted by Crippen LogP contribution is -2.29. The van der Waals surface area contributed by atoms with Crippen LogP contribution in [0.3, 0.4) is 0 Å². The molecule has 2 heterocycles. The molecule has 0 radical (unpaired) electrons. The second-order valence-corrected chi connectivity index (χ2v) is 5.90. The average molecular weight is 350 g/mol. The Hall–Kier alpha value is -3.28. The van der Waals surface area contributed by atoms with E-state index in [0.29, 0.717) is 12.2 Å². The first-order valence-corrected chi connectivity index (χ1v) is 8.25. The summed E-state index contributed by atoms with van der Waals surface area (Å²) in [5.41, 5.74) is 2.99. The first-order chi connectivity index (χ1) is 12.6. The van der Waals surface area contributed by atoms with Gasteiger partial charge in [-0.05, 0) is 60.5 Å². The molecule has 0 bridgehead atoms. The minimum Gasteiger partial charge on any atom is -0.354 e. The highest BCUT2D eigenvalue weighted by Gasteiger charge is 2.13. The first-order valence-electron chi connectivity index (χ1n) is 8.25. The van der Waals surface area contributed by atoms with Crippen molar-refractivity contribution in [2.75, 3.05) is 18.9 Å². The van der Waals surface area contributed by atoms with Crippen LogP contribution in [-0.2, 0) is 6.42 Å². The summed E-state index contributed by atoms with van der Waals surface area (Å²) >= 11 is 0. The van der Waals surface area contributed by atoms with Crippen LogP contribution in [0.5, 0.6) is 0 Å². The number of nitrogens with one attached hydrogen (secondary N) is 1. The lowest BCUT2D eigenvalue weighted by molar-refractivity contribution is 0.0791. The van der Waals surface area contributed by atoms with Crippen LogP contribution in [0, 0.1) is 5.82 Å². The molecule has 0 aliphatic rings. The van der Waals surface area contributed by atoms with Crippen molar-refractivity contribution in [3.63, 3.8) is 0 Å². The number of aromatic nitrogens is 2. The number of halogens is 1. The molecule has 0 aliphatic heterocycles. The van der Waals surface area contributed by atoms with E-state index < -0.39 is 0 Å². The maximum atomic E-state index is 12.9. The largest absolute Gasteiger partial charge is 0.354 e. The lowest BCUT2D eigenvalue weighted by Gasteiger charge is -2.17. The van der Waals surface area contributed by atoms with Crippen LogP contribution < -0.4 is 5.32 Å². The topological polar surface area (TPSA) is 58.1 Å². The zero-order valence-electron chi connectivity index (χ0n) is 14.4. The van der Waals surface area contributed by atoms with Crippen molar-refractivity contribution in [1.82, 2.24) is 14.9 Å². The van der Waals surface area contributed by atoms with Crippen molar-refractivity contribution in [2.45, 2.75) is 6.42 Å². The number of anilines is 2. The molecule has 0 saturated carbocycles. The maximum Gasteiger partial charge on any atom is 0.272 e. The van der Waals surface area contributed by atoms with E-state index in [1.54, 1.807) is 54.8 Å². The van der Waals surface area contributed by atoms with Crippen LogP contribution in [0.25, 0.3) is 0 Å². The Kier molecular flexibility index (Phi) is 5.53. The fraction of sp³-hybridized carbons (Fsp3) is 0.150. The van der Waals surface area contributed by atoms with Crippen LogP contribution in [0.15, 0.2) is 67.1 Å². The second kappa shape index (κ2) is 8.20. The number of benzene rings is 1. The van der Waals surface area contributed by atoms with Crippen molar-refractivity contribution in [1.29, 1.82) is 0 Å². The van der Waals surface area contributed by atoms with E-state index in [4.69, 9.17) is 0 Å². The van der Waals surface area contributed by atoms with Crippen LogP contribution in [0.2, 0.25) is 0 Å². The Morgan fingerprint density at radius 2 is 1.73 bits per heavy atom. The number of likely N-dealkylation sites (N-methyl/N-ethyl adjacent to an activating group) is 1. The van der Waals surface area contributed by atoms with E-state index in [0.717, 1.165) is 23.4 Å². The molecule has 5 nitrogen and oxygen atoms in total. The predicted molar refractivity (Wildman–Crippen MR) is 98.8 cm³/mol. The van der Waals surface area contributed by atoms with Gasteiger partial charge in [0.2, 0.25) is 0 Å². The molecular formula is C20H19FN4O. The van der Waals surface area contributed by atoms with Gasteiger partial charge >= 0.3 is 0 Å². The van der Waals surface area contributed by atoms with Gasteiger partial charge in [0, 0.05) is 31.7 Å². The highest BCUT2D eigenvalue weighted by Crippen LogP contribution is 2.16. The number of carbonyl (C=O) groups is 1. The molecule has 0 spiro atoms. The lowest BCUT2D eigenvalue weighted by atomic mass is 10.2. The molecule has 0 fully saturated rings. The van der Waals surface area contributed by atoms with Crippen molar-refractivity contribution < 1.29 is 9.18 Å². The quantitative estimate of drug-likeness (QED) is 0.737. The van der Waals surface area contributed by atoms with E-state index in [-0.39, 0.29) is 11.7 Å². The Labute approximate surface area is 151 Å². The third kappa shape index (κ3) is 4.63. The molecule has 1 N–H and O–H groups in total. The van der Waals surface area contributed by atoms with Gasteiger partial charge in [-0.25, -0.2) is 9.37 Å². The fourth-order valence-electron chi connectivity index (χ4n) is 2.44. The molecule has 132 valence electrons. The van der Waals surface area contributed by atoms with Crippen molar-refractivity contribution in [2.24, 2.45) is 0 Å². The first kappa shape index (κ1) is 17.5. The zero-order valence-corrected chi connectivity index (χ0v) is 14.4. The van der Waals surface area contributed by atoms with E-state index in [2.05, 4.69) is 15.3 Å². The van der Waals surface area contributed by atoms with Crippen molar-refractivity contribution >= 4 is 17.3 Å². The monoisotopic (exact) mass is 350 g/mol. The summed E-state index contributed by atoms with van der Waals surface area (Å²) in [5.74, 6) is -0.420. The SMILES string of the molecule is CN(CCc1ccncc1)C(=O)c1ccc(Nc2ccc(F)cc2)cn1. The van der Waals surface area contributed by atoms with Gasteiger partial charge in [-0.2, -0.15) is 0 Å². The van der Waals surface area contributed by atoms with Gasteiger partial charge in [0.1, 0.15) is 11.5 Å². The molecule has 0 saturated heterocycles. The normalized spacial score (nSPS) is 10.4. The highest BCUT2D eigenvalue weighted by molar-refractivity contribution is 5.92. The molecule has 0 aliphatic carbocycles. The van der Waals surface area contributed by atoms with Gasteiger partial charge in [0.05, 0.1) is 11.9 Å². The molecule has 26 heavy (non-hydrogen) atoms. The van der Waals surface area contributed by atoms with Crippen molar-refractivity contribution in [3.05, 3.63) is 84.2 Å². The standard InChI is InChI=1S/C20H19FN4O/c1-25(13-10-15-8-11-22-12-9-15)20(26)19-7-6-18(14-23-19)24-17-4-2-16(21)3-5-17/h2-9,11-12,14,24H,10,13H2,1H3. The minimum atomic E-state index is -0.288. The molecule has 6 heteroatoms. The fourth-order valence-corrected chi connectivity index (χ4v) is 2.44. The van der Waals surface area contributed by atoms with Gasteiger partial charge in [-0.3, -0.25) is 9.78 Å². The summed E-state index contributed by atoms with van der Waals surface area (Å²) in [7, 11) is 1.76. The minimum absolute atomic E-state index is 0.132. The third-order valence-electron chi connectivity index (χ3n) is 3.95. The smallest absolute Gasteiger partial charge is 0.272 e. The molecule has 3 rings (SSSR count). The molecule has 1 amide bonds. The third-order valence-corrected chi connectivity index (χ3v) is 3.95. The zero-order chi connectivity index (χ0) is 18.4. The maximum absolute atomic E-state index is 12.9. The number of amides is 1. The Morgan fingerprint density at radius 1 is 1.04 bits per heavy atom. The van der Waals surface area contributed by atoms with Gasteiger partial charge < -0.3 is 10.2 Å². The average Bonchev–Trinajstić information content (AvgIpc) is 2.69. The Bertz CT molecular complexity index is 851. The van der Waals surface area contributed by atoms with Gasteiger partial charge in [-0.1, -0.05) is 0 Å².